The average Bonchev–Trinajstić information content (AvgIpc) is 2.61. The smallest absolute Gasteiger partial charge is 0.225 e. The van der Waals surface area contributed by atoms with Gasteiger partial charge in [0.15, 0.2) is 0 Å². The molecule has 0 spiro atoms. The maximum absolute atomic E-state index is 12.9. The fourth-order valence-corrected chi connectivity index (χ4v) is 4.92. The number of hydrogen-bond acceptors (Lipinski definition) is 5. The maximum atomic E-state index is 12.9. The van der Waals surface area contributed by atoms with E-state index in [0.29, 0.717) is 26.3 Å². The minimum absolute atomic E-state index is 0.0197. The summed E-state index contributed by atoms with van der Waals surface area (Å²) < 4.78 is 11.5. The topological polar surface area (TPSA) is 79.3 Å². The lowest BCUT2D eigenvalue weighted by Crippen LogP contribution is -2.50. The van der Waals surface area contributed by atoms with Crippen LogP contribution in [0.3, 0.4) is 0 Å². The van der Waals surface area contributed by atoms with E-state index in [2.05, 4.69) is 0 Å². The Morgan fingerprint density at radius 3 is 1.53 bits per heavy atom. The Balaban J connectivity index is 1.91. The summed E-state index contributed by atoms with van der Waals surface area (Å²) >= 11 is 0. The van der Waals surface area contributed by atoms with Gasteiger partial charge in [-0.15, -0.1) is 0 Å². The van der Waals surface area contributed by atoms with Gasteiger partial charge in [0.05, 0.1) is 30.1 Å². The van der Waals surface area contributed by atoms with E-state index < -0.39 is 6.10 Å². The lowest BCUT2D eigenvalue weighted by atomic mass is 9.92. The van der Waals surface area contributed by atoms with Gasteiger partial charge in [0.2, 0.25) is 11.8 Å². The van der Waals surface area contributed by atoms with Gasteiger partial charge in [-0.1, -0.05) is 0 Å². The third kappa shape index (κ3) is 6.92. The summed E-state index contributed by atoms with van der Waals surface area (Å²) in [6, 6.07) is 0.233. The van der Waals surface area contributed by atoms with Crippen molar-refractivity contribution in [1.29, 1.82) is 0 Å². The summed E-state index contributed by atoms with van der Waals surface area (Å²) in [5.74, 6) is -0.175. The molecule has 174 valence electrons. The number of ether oxygens (including phenoxy) is 2. The Labute approximate surface area is 182 Å². The zero-order chi connectivity index (χ0) is 22.5. The third-order valence-corrected chi connectivity index (χ3v) is 6.37. The van der Waals surface area contributed by atoms with Crippen LogP contribution in [0.5, 0.6) is 0 Å². The predicted octanol–water partition coefficient (Wildman–Crippen LogP) is 2.74. The molecule has 2 heterocycles. The summed E-state index contributed by atoms with van der Waals surface area (Å²) in [6.45, 7) is 14.6. The molecule has 2 atom stereocenters. The SMILES string of the molecule is CCN(C(=O)CC(O)CC(=O)N(CC)C1CCOC(C)(C)C1)C1CCOC(C)(C)C1. The standard InChI is InChI=1S/C23H42N2O5/c1-7-24(17-9-11-29-22(3,4)15-17)20(27)13-19(26)14-21(28)25(8-2)18-10-12-30-23(5,6)16-18/h17-19,26H,7-16H2,1-6H3. The highest BCUT2D eigenvalue weighted by molar-refractivity contribution is 5.80. The van der Waals surface area contributed by atoms with Crippen molar-refractivity contribution in [3.05, 3.63) is 0 Å². The highest BCUT2D eigenvalue weighted by Gasteiger charge is 2.36. The lowest BCUT2D eigenvalue weighted by molar-refractivity contribution is -0.144. The summed E-state index contributed by atoms with van der Waals surface area (Å²) in [5, 5.41) is 10.5. The molecule has 0 aromatic carbocycles. The molecule has 7 nitrogen and oxygen atoms in total. The van der Waals surface area contributed by atoms with Crippen LogP contribution in [0.2, 0.25) is 0 Å². The second-order valence-electron chi connectivity index (χ2n) is 9.93. The monoisotopic (exact) mass is 426 g/mol. The van der Waals surface area contributed by atoms with Crippen molar-refractivity contribution in [3.63, 3.8) is 0 Å². The first kappa shape index (κ1) is 25.1. The van der Waals surface area contributed by atoms with Crippen molar-refractivity contribution in [3.8, 4) is 0 Å². The van der Waals surface area contributed by atoms with Crippen molar-refractivity contribution < 1.29 is 24.2 Å². The zero-order valence-corrected chi connectivity index (χ0v) is 19.8. The Morgan fingerprint density at radius 1 is 0.867 bits per heavy atom. The number of rotatable bonds is 8. The quantitative estimate of drug-likeness (QED) is 0.646. The zero-order valence-electron chi connectivity index (χ0n) is 19.8. The molecular formula is C23H42N2O5. The van der Waals surface area contributed by atoms with Gasteiger partial charge in [0.1, 0.15) is 0 Å². The van der Waals surface area contributed by atoms with Gasteiger partial charge in [0.25, 0.3) is 0 Å². The van der Waals surface area contributed by atoms with Crippen molar-refractivity contribution in [1.82, 2.24) is 9.80 Å². The molecular weight excluding hydrogens is 384 g/mol. The molecule has 2 aliphatic heterocycles. The molecule has 2 unspecified atom stereocenters. The molecule has 0 saturated carbocycles. The van der Waals surface area contributed by atoms with Crippen LogP contribution in [0.15, 0.2) is 0 Å². The molecule has 0 bridgehead atoms. The third-order valence-electron chi connectivity index (χ3n) is 6.37. The fourth-order valence-electron chi connectivity index (χ4n) is 4.92. The highest BCUT2D eigenvalue weighted by atomic mass is 16.5. The van der Waals surface area contributed by atoms with Gasteiger partial charge in [-0.2, -0.15) is 0 Å². The van der Waals surface area contributed by atoms with Crippen LogP contribution in [0.25, 0.3) is 0 Å². The summed E-state index contributed by atoms with van der Waals surface area (Å²) in [5.41, 5.74) is -0.491. The minimum atomic E-state index is -0.964. The van der Waals surface area contributed by atoms with E-state index in [0.717, 1.165) is 25.7 Å². The minimum Gasteiger partial charge on any atom is -0.392 e. The van der Waals surface area contributed by atoms with Gasteiger partial charge in [-0.3, -0.25) is 9.59 Å². The second-order valence-corrected chi connectivity index (χ2v) is 9.93. The molecule has 2 aliphatic rings. The number of carbonyl (C=O) groups excluding carboxylic acids is 2. The molecule has 0 aromatic heterocycles. The van der Waals surface area contributed by atoms with Crippen LogP contribution < -0.4 is 0 Å². The molecule has 2 rings (SSSR count). The van der Waals surface area contributed by atoms with Crippen LogP contribution in [0, 0.1) is 0 Å². The van der Waals surface area contributed by atoms with Crippen LogP contribution >= 0.6 is 0 Å². The number of aliphatic hydroxyl groups excluding tert-OH is 1. The largest absolute Gasteiger partial charge is 0.392 e. The highest BCUT2D eigenvalue weighted by Crippen LogP contribution is 2.29. The van der Waals surface area contributed by atoms with E-state index in [1.165, 1.54) is 0 Å². The van der Waals surface area contributed by atoms with E-state index in [1.807, 2.05) is 51.3 Å². The Bertz CT molecular complexity index is 542. The molecule has 0 aliphatic carbocycles. The molecule has 30 heavy (non-hydrogen) atoms. The van der Waals surface area contributed by atoms with Crippen molar-refractivity contribution in [2.45, 2.75) is 109 Å². The summed E-state index contributed by atoms with van der Waals surface area (Å²) in [4.78, 5) is 29.5. The van der Waals surface area contributed by atoms with E-state index in [4.69, 9.17) is 9.47 Å². The summed E-state index contributed by atoms with van der Waals surface area (Å²) in [7, 11) is 0. The molecule has 0 aromatic rings. The first-order chi connectivity index (χ1) is 14.0. The number of aliphatic hydroxyl groups is 1. The summed E-state index contributed by atoms with van der Waals surface area (Å²) in [6.07, 6.45) is 2.18. The van der Waals surface area contributed by atoms with Gasteiger partial charge >= 0.3 is 0 Å². The number of hydrogen-bond donors (Lipinski definition) is 1. The van der Waals surface area contributed by atoms with Gasteiger partial charge in [-0.25, -0.2) is 0 Å². The van der Waals surface area contributed by atoms with Gasteiger partial charge < -0.3 is 24.4 Å². The van der Waals surface area contributed by atoms with Crippen LogP contribution in [0.1, 0.15) is 80.1 Å². The predicted molar refractivity (Wildman–Crippen MR) is 116 cm³/mol. The van der Waals surface area contributed by atoms with E-state index in [1.54, 1.807) is 0 Å². The average molecular weight is 427 g/mol. The van der Waals surface area contributed by atoms with Crippen molar-refractivity contribution in [2.24, 2.45) is 0 Å². The number of nitrogens with zero attached hydrogens (tertiary/aromatic N) is 2. The lowest BCUT2D eigenvalue weighted by Gasteiger charge is -2.41. The van der Waals surface area contributed by atoms with E-state index in [-0.39, 0.29) is 47.9 Å². The first-order valence-electron chi connectivity index (χ1n) is 11.5. The van der Waals surface area contributed by atoms with Crippen molar-refractivity contribution >= 4 is 11.8 Å². The van der Waals surface area contributed by atoms with E-state index >= 15 is 0 Å². The molecule has 0 radical (unpaired) electrons. The molecule has 1 N–H and O–H groups in total. The molecule has 2 saturated heterocycles. The Kier molecular flexibility index (Phi) is 8.71. The number of amides is 2. The molecule has 7 heteroatoms. The molecule has 2 amide bonds. The second kappa shape index (κ2) is 10.4. The number of carbonyl (C=O) groups is 2. The van der Waals surface area contributed by atoms with E-state index in [9.17, 15) is 14.7 Å². The fraction of sp³-hybridized carbons (Fsp3) is 0.913. The first-order valence-corrected chi connectivity index (χ1v) is 11.5. The molecule has 2 fully saturated rings. The van der Waals surface area contributed by atoms with Gasteiger partial charge in [0, 0.05) is 38.4 Å². The maximum Gasteiger partial charge on any atom is 0.225 e. The van der Waals surface area contributed by atoms with Crippen LogP contribution in [0.4, 0.5) is 0 Å². The Morgan fingerprint density at radius 2 is 1.23 bits per heavy atom. The Hall–Kier alpha value is -1.18. The van der Waals surface area contributed by atoms with Gasteiger partial charge in [-0.05, 0) is 67.2 Å². The normalized spacial score (nSPS) is 26.6. The van der Waals surface area contributed by atoms with Crippen LogP contribution in [-0.2, 0) is 19.1 Å². The van der Waals surface area contributed by atoms with Crippen molar-refractivity contribution in [2.75, 3.05) is 26.3 Å². The van der Waals surface area contributed by atoms with Crippen LogP contribution in [-0.4, -0.2) is 82.4 Å².